The van der Waals surface area contributed by atoms with Crippen LogP contribution in [-0.2, 0) is 20.1 Å². The molecule has 0 fully saturated rings. The Kier molecular flexibility index (Phi) is 8.29. The molecule has 2 aromatic carbocycles. The Bertz CT molecular complexity index is 799. The zero-order valence-electron chi connectivity index (χ0n) is 15.0. The third kappa shape index (κ3) is 6.69. The van der Waals surface area contributed by atoms with Gasteiger partial charge in [0, 0.05) is 22.5 Å². The molecule has 2 rings (SSSR count). The normalized spacial score (nSPS) is 10.2. The SMILES string of the molecule is COc1ccc(NC(=O)COC(=O)CSCc2ccccc2Cl)cc1OC. The van der Waals surface area contributed by atoms with Crippen molar-refractivity contribution in [1.29, 1.82) is 0 Å². The van der Waals surface area contributed by atoms with Gasteiger partial charge in [-0.15, -0.1) is 11.8 Å². The van der Waals surface area contributed by atoms with Gasteiger partial charge in [0.05, 0.1) is 20.0 Å². The summed E-state index contributed by atoms with van der Waals surface area (Å²) in [6.07, 6.45) is 0. The van der Waals surface area contributed by atoms with E-state index in [1.807, 2.05) is 18.2 Å². The maximum absolute atomic E-state index is 11.9. The van der Waals surface area contributed by atoms with E-state index in [1.165, 1.54) is 26.0 Å². The Morgan fingerprint density at radius 2 is 1.81 bits per heavy atom. The first-order valence-electron chi connectivity index (χ1n) is 8.02. The van der Waals surface area contributed by atoms with Crippen LogP contribution >= 0.6 is 23.4 Å². The molecule has 0 unspecified atom stereocenters. The number of carbonyl (C=O) groups is 2. The van der Waals surface area contributed by atoms with Crippen LogP contribution in [0.5, 0.6) is 11.5 Å². The number of halogens is 1. The second kappa shape index (κ2) is 10.7. The van der Waals surface area contributed by atoms with Crippen molar-refractivity contribution in [2.45, 2.75) is 5.75 Å². The zero-order valence-corrected chi connectivity index (χ0v) is 16.6. The van der Waals surface area contributed by atoms with Crippen molar-refractivity contribution in [3.63, 3.8) is 0 Å². The number of nitrogens with one attached hydrogen (secondary N) is 1. The highest BCUT2D eigenvalue weighted by Gasteiger charge is 2.11. The van der Waals surface area contributed by atoms with Gasteiger partial charge in [0.15, 0.2) is 18.1 Å². The van der Waals surface area contributed by atoms with Crippen molar-refractivity contribution in [1.82, 2.24) is 0 Å². The van der Waals surface area contributed by atoms with Crippen LogP contribution in [0.25, 0.3) is 0 Å². The van der Waals surface area contributed by atoms with Crippen LogP contribution in [0.2, 0.25) is 5.02 Å². The quantitative estimate of drug-likeness (QED) is 0.635. The Labute approximate surface area is 167 Å². The molecule has 0 aliphatic rings. The smallest absolute Gasteiger partial charge is 0.316 e. The number of amides is 1. The summed E-state index contributed by atoms with van der Waals surface area (Å²) in [5.41, 5.74) is 1.46. The molecule has 1 amide bonds. The summed E-state index contributed by atoms with van der Waals surface area (Å²) >= 11 is 7.43. The van der Waals surface area contributed by atoms with E-state index < -0.39 is 11.9 Å². The predicted octanol–water partition coefficient (Wildman–Crippen LogP) is 3.77. The van der Waals surface area contributed by atoms with Gasteiger partial charge in [-0.1, -0.05) is 29.8 Å². The summed E-state index contributed by atoms with van der Waals surface area (Å²) in [7, 11) is 3.03. The fourth-order valence-corrected chi connectivity index (χ4v) is 3.26. The highest BCUT2D eigenvalue weighted by molar-refractivity contribution is 7.99. The van der Waals surface area contributed by atoms with E-state index in [9.17, 15) is 9.59 Å². The summed E-state index contributed by atoms with van der Waals surface area (Å²) in [6.45, 7) is -0.361. The number of carbonyl (C=O) groups excluding carboxylic acids is 2. The van der Waals surface area contributed by atoms with E-state index in [2.05, 4.69) is 5.32 Å². The van der Waals surface area contributed by atoms with Crippen LogP contribution in [0, 0.1) is 0 Å². The zero-order chi connectivity index (χ0) is 19.6. The minimum Gasteiger partial charge on any atom is -0.493 e. The number of rotatable bonds is 9. The average molecular weight is 410 g/mol. The van der Waals surface area contributed by atoms with Crippen molar-refractivity contribution in [3.05, 3.63) is 53.1 Å². The standard InChI is InChI=1S/C19H20ClNO5S/c1-24-16-8-7-14(9-17(16)25-2)21-18(22)10-26-19(23)12-27-11-13-5-3-4-6-15(13)20/h3-9H,10-12H2,1-2H3,(H,21,22). The summed E-state index contributed by atoms with van der Waals surface area (Å²) < 4.78 is 15.3. The van der Waals surface area contributed by atoms with Crippen molar-refractivity contribution >= 4 is 40.9 Å². The van der Waals surface area contributed by atoms with Crippen LogP contribution in [0.3, 0.4) is 0 Å². The molecule has 1 N–H and O–H groups in total. The van der Waals surface area contributed by atoms with Gasteiger partial charge in [-0.05, 0) is 23.8 Å². The molecule has 0 aliphatic carbocycles. The van der Waals surface area contributed by atoms with Crippen LogP contribution in [-0.4, -0.2) is 38.5 Å². The summed E-state index contributed by atoms with van der Waals surface area (Å²) in [5.74, 6) is 0.864. The molecular weight excluding hydrogens is 390 g/mol. The number of methoxy groups -OCH3 is 2. The molecule has 0 spiro atoms. The first-order chi connectivity index (χ1) is 13.0. The molecular formula is C19H20ClNO5S. The topological polar surface area (TPSA) is 73.9 Å². The molecule has 0 radical (unpaired) electrons. The van der Waals surface area contributed by atoms with Crippen LogP contribution in [0.1, 0.15) is 5.56 Å². The number of esters is 1. The number of benzene rings is 2. The van der Waals surface area contributed by atoms with Gasteiger partial charge in [-0.25, -0.2) is 0 Å². The second-order valence-electron chi connectivity index (χ2n) is 5.36. The molecule has 0 aliphatic heterocycles. The molecule has 0 atom stereocenters. The molecule has 6 nitrogen and oxygen atoms in total. The number of anilines is 1. The summed E-state index contributed by atoms with van der Waals surface area (Å²) in [5, 5.41) is 3.30. The lowest BCUT2D eigenvalue weighted by molar-refractivity contribution is -0.144. The lowest BCUT2D eigenvalue weighted by Gasteiger charge is -2.11. The monoisotopic (exact) mass is 409 g/mol. The van der Waals surface area contributed by atoms with Gasteiger partial charge >= 0.3 is 5.97 Å². The molecule has 0 saturated carbocycles. The molecule has 0 bridgehead atoms. The highest BCUT2D eigenvalue weighted by atomic mass is 35.5. The van der Waals surface area contributed by atoms with Crippen molar-refractivity contribution in [2.24, 2.45) is 0 Å². The predicted molar refractivity (Wildman–Crippen MR) is 107 cm³/mol. The van der Waals surface area contributed by atoms with E-state index in [0.29, 0.717) is 28.0 Å². The largest absolute Gasteiger partial charge is 0.493 e. The molecule has 8 heteroatoms. The van der Waals surface area contributed by atoms with E-state index in [4.69, 9.17) is 25.8 Å². The molecule has 144 valence electrons. The lowest BCUT2D eigenvalue weighted by Crippen LogP contribution is -2.21. The first-order valence-corrected chi connectivity index (χ1v) is 9.55. The lowest BCUT2D eigenvalue weighted by atomic mass is 10.2. The van der Waals surface area contributed by atoms with Gasteiger partial charge < -0.3 is 19.5 Å². The van der Waals surface area contributed by atoms with Gasteiger partial charge in [0.1, 0.15) is 0 Å². The van der Waals surface area contributed by atoms with Crippen LogP contribution in [0.15, 0.2) is 42.5 Å². The Hall–Kier alpha value is -2.38. The first kappa shape index (κ1) is 20.9. The van der Waals surface area contributed by atoms with E-state index in [0.717, 1.165) is 5.56 Å². The Morgan fingerprint density at radius 3 is 2.52 bits per heavy atom. The molecule has 27 heavy (non-hydrogen) atoms. The minimum absolute atomic E-state index is 0.134. The number of hydrogen-bond acceptors (Lipinski definition) is 6. The molecule has 0 saturated heterocycles. The van der Waals surface area contributed by atoms with Gasteiger partial charge in [-0.2, -0.15) is 0 Å². The number of ether oxygens (including phenoxy) is 3. The minimum atomic E-state index is -0.463. The second-order valence-corrected chi connectivity index (χ2v) is 6.76. The number of thioether (sulfide) groups is 1. The van der Waals surface area contributed by atoms with E-state index >= 15 is 0 Å². The fourth-order valence-electron chi connectivity index (χ4n) is 2.16. The van der Waals surface area contributed by atoms with Gasteiger partial charge in [0.2, 0.25) is 0 Å². The molecule has 2 aromatic rings. The molecule has 0 heterocycles. The van der Waals surface area contributed by atoms with Crippen molar-refractivity contribution < 1.29 is 23.8 Å². The van der Waals surface area contributed by atoms with Crippen molar-refractivity contribution in [2.75, 3.05) is 31.9 Å². The van der Waals surface area contributed by atoms with Crippen LogP contribution < -0.4 is 14.8 Å². The average Bonchev–Trinajstić information content (AvgIpc) is 2.67. The molecule has 0 aromatic heterocycles. The van der Waals surface area contributed by atoms with Crippen LogP contribution in [0.4, 0.5) is 5.69 Å². The fraction of sp³-hybridized carbons (Fsp3) is 0.263. The maximum atomic E-state index is 11.9. The summed E-state index contributed by atoms with van der Waals surface area (Å²) in [4.78, 5) is 23.7. The third-order valence-electron chi connectivity index (χ3n) is 3.47. The van der Waals surface area contributed by atoms with E-state index in [1.54, 1.807) is 24.3 Å². The highest BCUT2D eigenvalue weighted by Crippen LogP contribution is 2.29. The Balaban J connectivity index is 1.73. The maximum Gasteiger partial charge on any atom is 0.316 e. The number of hydrogen-bond donors (Lipinski definition) is 1. The van der Waals surface area contributed by atoms with Gasteiger partial charge in [0.25, 0.3) is 5.91 Å². The van der Waals surface area contributed by atoms with Crippen molar-refractivity contribution in [3.8, 4) is 11.5 Å². The summed E-state index contributed by atoms with van der Waals surface area (Å²) in [6, 6.07) is 12.4. The van der Waals surface area contributed by atoms with Gasteiger partial charge in [-0.3, -0.25) is 9.59 Å². The van der Waals surface area contributed by atoms with E-state index in [-0.39, 0.29) is 12.4 Å². The Morgan fingerprint density at radius 1 is 1.07 bits per heavy atom. The third-order valence-corrected chi connectivity index (χ3v) is 4.79.